The van der Waals surface area contributed by atoms with E-state index >= 15 is 0 Å². The Labute approximate surface area is 444 Å². The van der Waals surface area contributed by atoms with Crippen LogP contribution in [0.3, 0.4) is 0 Å². The van der Waals surface area contributed by atoms with Crippen LogP contribution in [0.15, 0.2) is 109 Å². The Bertz CT molecular complexity index is 3520. The van der Waals surface area contributed by atoms with Crippen molar-refractivity contribution in [2.45, 2.75) is 157 Å². The molecule has 10 aromatic rings. The van der Waals surface area contributed by atoms with Crippen LogP contribution in [0.4, 0.5) is 0 Å². The zero-order valence-electron chi connectivity index (χ0n) is 47.6. The van der Waals surface area contributed by atoms with Gasteiger partial charge in [0.15, 0.2) is 0 Å². The first-order valence-corrected chi connectivity index (χ1v) is 26.6. The van der Waals surface area contributed by atoms with Crippen LogP contribution in [0, 0.1) is 34.0 Å². The number of benzene rings is 7. The van der Waals surface area contributed by atoms with E-state index in [1.807, 2.05) is 0 Å². The van der Waals surface area contributed by atoms with Crippen molar-refractivity contribution >= 4 is 65.4 Å². The third-order valence-electron chi connectivity index (χ3n) is 15.9. The van der Waals surface area contributed by atoms with Gasteiger partial charge < -0.3 is 13.7 Å². The molecular formula is C69H72N6. The van der Waals surface area contributed by atoms with E-state index in [1.165, 1.54) is 33.4 Å². The van der Waals surface area contributed by atoms with Crippen LogP contribution in [-0.4, -0.2) is 13.7 Å². The van der Waals surface area contributed by atoms with E-state index in [2.05, 4.69) is 266 Å². The Morgan fingerprint density at radius 2 is 0.400 bits per heavy atom. The van der Waals surface area contributed by atoms with Gasteiger partial charge in [-0.25, -0.2) is 0 Å². The second-order valence-electron chi connectivity index (χ2n) is 27.4. The maximum absolute atomic E-state index is 12.2. The van der Waals surface area contributed by atoms with E-state index in [0.717, 1.165) is 65.4 Å². The molecule has 75 heavy (non-hydrogen) atoms. The lowest BCUT2D eigenvalue weighted by Crippen LogP contribution is -2.15. The van der Waals surface area contributed by atoms with E-state index in [1.54, 1.807) is 0 Å². The van der Waals surface area contributed by atoms with Gasteiger partial charge in [0.2, 0.25) is 0 Å². The maximum Gasteiger partial charge on any atom is 0.104 e. The Balaban J connectivity index is 1.50. The van der Waals surface area contributed by atoms with E-state index in [-0.39, 0.29) is 49.2 Å². The smallest absolute Gasteiger partial charge is 0.104 e. The summed E-state index contributed by atoms with van der Waals surface area (Å²) in [6.45, 7) is 40.2. The van der Waals surface area contributed by atoms with Gasteiger partial charge in [-0.2, -0.15) is 15.8 Å². The maximum atomic E-state index is 12.2. The summed E-state index contributed by atoms with van der Waals surface area (Å²) in [5.74, 6) is 0. The molecular weight excluding hydrogens is 913 g/mol. The van der Waals surface area contributed by atoms with Crippen LogP contribution < -0.4 is 0 Å². The lowest BCUT2D eigenvalue weighted by atomic mass is 9.85. The highest BCUT2D eigenvalue weighted by atomic mass is 15.1. The number of aromatic nitrogens is 3. The number of nitriles is 3. The Morgan fingerprint density at radius 1 is 0.253 bits per heavy atom. The summed E-state index contributed by atoms with van der Waals surface area (Å²) in [5, 5.41) is 42.8. The highest BCUT2D eigenvalue weighted by Crippen LogP contribution is 2.48. The quantitative estimate of drug-likeness (QED) is 0.177. The largest absolute Gasteiger partial charge is 0.306 e. The predicted octanol–water partition coefficient (Wildman–Crippen LogP) is 18.4. The van der Waals surface area contributed by atoms with E-state index in [4.69, 9.17) is 0 Å². The van der Waals surface area contributed by atoms with E-state index < -0.39 is 0 Å². The fraction of sp³-hybridized carbons (Fsp3) is 0.348. The molecule has 0 spiro atoms. The molecule has 0 saturated heterocycles. The van der Waals surface area contributed by atoms with Crippen molar-refractivity contribution in [3.8, 4) is 35.3 Å². The molecule has 3 aromatic heterocycles. The van der Waals surface area contributed by atoms with Crippen LogP contribution in [0.2, 0.25) is 0 Å². The molecule has 0 fully saturated rings. The lowest BCUT2D eigenvalue weighted by molar-refractivity contribution is 0.590. The molecule has 0 unspecified atom stereocenters. The van der Waals surface area contributed by atoms with Crippen molar-refractivity contribution in [3.05, 3.63) is 159 Å². The summed E-state index contributed by atoms with van der Waals surface area (Å²) in [6.07, 6.45) is 0. The van der Waals surface area contributed by atoms with Crippen molar-refractivity contribution in [2.24, 2.45) is 0 Å². The molecule has 3 heterocycles. The molecule has 7 aromatic carbocycles. The summed E-state index contributed by atoms with van der Waals surface area (Å²) in [7, 11) is 0. The second-order valence-corrected chi connectivity index (χ2v) is 27.4. The Hall–Kier alpha value is -7.59. The third-order valence-corrected chi connectivity index (χ3v) is 15.9. The SMILES string of the molecule is CC(C)(C)c1ccc2c(c1)c1cc(C(C)(C)C)ccc1n2-c1c(C#N)c(-n2c3ccc(C(C)(C)C)cc3c3cc(C(C)(C)C)ccc32)c(C#N)c(-n2c3ccc(C(C)(C)C)cc3c3cc(C(C)(C)C)ccc32)c1C#N. The van der Waals surface area contributed by atoms with Gasteiger partial charge in [0.25, 0.3) is 0 Å². The van der Waals surface area contributed by atoms with Crippen molar-refractivity contribution in [3.63, 3.8) is 0 Å². The highest BCUT2D eigenvalue weighted by Gasteiger charge is 2.34. The lowest BCUT2D eigenvalue weighted by Gasteiger charge is -2.24. The number of hydrogen-bond acceptors (Lipinski definition) is 3. The van der Waals surface area contributed by atoms with Gasteiger partial charge in [0, 0.05) is 32.3 Å². The minimum Gasteiger partial charge on any atom is -0.306 e. The topological polar surface area (TPSA) is 86.2 Å². The van der Waals surface area contributed by atoms with Crippen molar-refractivity contribution in [1.82, 2.24) is 13.7 Å². The minimum absolute atomic E-state index is 0.152. The van der Waals surface area contributed by atoms with Gasteiger partial charge in [-0.1, -0.05) is 161 Å². The predicted molar refractivity (Wildman–Crippen MR) is 316 cm³/mol. The van der Waals surface area contributed by atoms with Crippen LogP contribution >= 0.6 is 0 Å². The zero-order chi connectivity index (χ0) is 54.4. The first kappa shape index (κ1) is 50.9. The molecule has 6 heteroatoms. The molecule has 0 bridgehead atoms. The normalized spacial score (nSPS) is 13.2. The second kappa shape index (κ2) is 16.7. The molecule has 0 amide bonds. The van der Waals surface area contributed by atoms with Gasteiger partial charge in [-0.3, -0.25) is 0 Å². The first-order chi connectivity index (χ1) is 34.9. The molecule has 0 N–H and O–H groups in total. The highest BCUT2D eigenvalue weighted by molar-refractivity contribution is 6.14. The fourth-order valence-electron chi connectivity index (χ4n) is 11.3. The monoisotopic (exact) mass is 985 g/mol. The molecule has 6 nitrogen and oxygen atoms in total. The van der Waals surface area contributed by atoms with E-state index in [0.29, 0.717) is 17.1 Å². The van der Waals surface area contributed by atoms with Crippen molar-refractivity contribution in [2.75, 3.05) is 0 Å². The molecule has 0 radical (unpaired) electrons. The van der Waals surface area contributed by atoms with Gasteiger partial charge in [-0.05, 0) is 139 Å². The van der Waals surface area contributed by atoms with Crippen molar-refractivity contribution < 1.29 is 0 Å². The van der Waals surface area contributed by atoms with Crippen LogP contribution in [0.25, 0.3) is 82.5 Å². The zero-order valence-corrected chi connectivity index (χ0v) is 47.6. The Kier molecular flexibility index (Phi) is 11.3. The summed E-state index contributed by atoms with van der Waals surface area (Å²) >= 11 is 0. The minimum atomic E-state index is -0.152. The first-order valence-electron chi connectivity index (χ1n) is 26.6. The molecule has 0 aliphatic heterocycles. The van der Waals surface area contributed by atoms with Crippen LogP contribution in [-0.2, 0) is 32.5 Å². The van der Waals surface area contributed by atoms with Crippen LogP contribution in [0.5, 0.6) is 0 Å². The molecule has 0 aliphatic carbocycles. The summed E-state index contributed by atoms with van der Waals surface area (Å²) in [4.78, 5) is 0. The number of fused-ring (bicyclic) bond motifs is 9. The summed E-state index contributed by atoms with van der Waals surface area (Å²) in [6, 6.07) is 48.1. The number of nitrogens with zero attached hydrogens (tertiary/aromatic N) is 6. The van der Waals surface area contributed by atoms with Crippen molar-refractivity contribution in [1.29, 1.82) is 15.8 Å². The average molecular weight is 985 g/mol. The number of rotatable bonds is 3. The van der Waals surface area contributed by atoms with Gasteiger partial charge in [-0.15, -0.1) is 0 Å². The summed E-state index contributed by atoms with van der Waals surface area (Å²) in [5.41, 5.74) is 13.5. The van der Waals surface area contributed by atoms with Gasteiger partial charge in [0.1, 0.15) is 34.9 Å². The third kappa shape index (κ3) is 8.10. The summed E-state index contributed by atoms with van der Waals surface area (Å²) < 4.78 is 6.46. The molecule has 0 saturated carbocycles. The van der Waals surface area contributed by atoms with Crippen LogP contribution in [0.1, 0.15) is 175 Å². The molecule has 0 aliphatic rings. The van der Waals surface area contributed by atoms with Gasteiger partial charge >= 0.3 is 0 Å². The van der Waals surface area contributed by atoms with E-state index in [9.17, 15) is 15.8 Å². The fourth-order valence-corrected chi connectivity index (χ4v) is 11.3. The average Bonchev–Trinajstić information content (AvgIpc) is 3.95. The molecule has 10 rings (SSSR count). The Morgan fingerprint density at radius 3 is 0.520 bits per heavy atom. The molecule has 0 atom stereocenters. The molecule has 378 valence electrons. The van der Waals surface area contributed by atoms with Gasteiger partial charge in [0.05, 0.1) is 50.2 Å². The number of hydrogen-bond donors (Lipinski definition) is 0. The standard InChI is InChI=1S/C69H72N6/c1-64(2,3)40-19-25-55-46(31-40)47-32-41(65(4,5)6)20-26-56(47)73(55)61-52(37-70)62(74-57-27-21-42(66(7,8)9)33-48(57)49-34-43(67(10,11)12)22-28-58(49)74)54(39-72)63(53(61)38-71)75-59-29-23-44(68(13,14)15)35-50(59)51-36-45(69(16,17)18)24-30-60(51)75/h19-36H,1-18H3.